The highest BCUT2D eigenvalue weighted by Crippen LogP contribution is 2.54. The Kier molecular flexibility index (Phi) is 19.8. The number of carbonyl (C=O) groups excluding carboxylic acids is 1. The second-order valence-corrected chi connectivity index (χ2v) is 9.51. The Labute approximate surface area is 293 Å². The first-order valence-electron chi connectivity index (χ1n) is 13.1. The van der Waals surface area contributed by atoms with Gasteiger partial charge in [0.05, 0.1) is 20.3 Å². The number of halogens is 26. The summed E-state index contributed by atoms with van der Waals surface area (Å²) in [6, 6.07) is 0. The topological polar surface area (TPSA) is 83.5 Å². The van der Waals surface area contributed by atoms with Crippen molar-refractivity contribution in [2.24, 2.45) is 0 Å². The maximum absolute atomic E-state index is 13.9. The molecule has 0 heterocycles. The molecular formula is C23H22F26O7. The van der Waals surface area contributed by atoms with E-state index < -0.39 is 118 Å². The summed E-state index contributed by atoms with van der Waals surface area (Å²) in [6.07, 6.45) is -57.4. The minimum Gasteiger partial charge on any atom is -0.456 e. The fraction of sp³-hybridized carbons (Fsp3) is 0.870. The van der Waals surface area contributed by atoms with E-state index in [-0.39, 0.29) is 6.08 Å². The van der Waals surface area contributed by atoms with E-state index >= 15 is 0 Å². The van der Waals surface area contributed by atoms with Crippen LogP contribution in [0, 0.1) is 0 Å². The largest absolute Gasteiger partial charge is 0.458 e. The highest BCUT2D eigenvalue weighted by Gasteiger charge is 2.81. The summed E-state index contributed by atoms with van der Waals surface area (Å²) >= 11 is 0. The van der Waals surface area contributed by atoms with Gasteiger partial charge in [0.25, 0.3) is 0 Å². The third kappa shape index (κ3) is 14.5. The zero-order chi connectivity index (χ0) is 46.1. The van der Waals surface area contributed by atoms with Crippen LogP contribution in [0.25, 0.3) is 0 Å². The molecule has 0 aliphatic carbocycles. The lowest BCUT2D eigenvalue weighted by Crippen LogP contribution is -2.65. The van der Waals surface area contributed by atoms with E-state index in [2.05, 4.69) is 25.5 Å². The van der Waals surface area contributed by atoms with Crippen LogP contribution in [-0.2, 0) is 28.5 Å². The van der Waals surface area contributed by atoms with E-state index in [9.17, 15) is 119 Å². The van der Waals surface area contributed by atoms with Gasteiger partial charge in [0, 0.05) is 12.5 Å². The number of aliphatic hydroxyl groups is 1. The van der Waals surface area contributed by atoms with Gasteiger partial charge >= 0.3 is 78.5 Å². The molecule has 0 saturated heterocycles. The van der Waals surface area contributed by atoms with Crippen molar-refractivity contribution in [2.75, 3.05) is 27.1 Å². The van der Waals surface area contributed by atoms with Crippen molar-refractivity contribution in [1.29, 1.82) is 0 Å². The van der Waals surface area contributed by atoms with Crippen LogP contribution in [0.2, 0.25) is 0 Å². The molecule has 4 unspecified atom stereocenters. The van der Waals surface area contributed by atoms with E-state index in [1.165, 1.54) is 0 Å². The van der Waals surface area contributed by atoms with Crippen molar-refractivity contribution >= 4 is 5.97 Å². The Hall–Kier alpha value is -2.81. The van der Waals surface area contributed by atoms with Gasteiger partial charge in [-0.05, 0) is 6.42 Å². The Morgan fingerprint density at radius 3 is 1.12 bits per heavy atom. The van der Waals surface area contributed by atoms with Crippen LogP contribution in [0.1, 0.15) is 26.2 Å². The molecule has 0 rings (SSSR count). The van der Waals surface area contributed by atoms with Crippen molar-refractivity contribution in [3.63, 3.8) is 0 Å². The van der Waals surface area contributed by atoms with E-state index in [0.29, 0.717) is 7.18 Å². The highest BCUT2D eigenvalue weighted by molar-refractivity contribution is 5.81. The molecule has 338 valence electrons. The molecule has 1 N–H and O–H groups in total. The number of esters is 1. The van der Waals surface area contributed by atoms with Gasteiger partial charge in [0.2, 0.25) is 0 Å². The van der Waals surface area contributed by atoms with Crippen LogP contribution < -0.4 is 0 Å². The molecule has 7 nitrogen and oxygen atoms in total. The summed E-state index contributed by atoms with van der Waals surface area (Å²) < 4.78 is 344. The first-order chi connectivity index (χ1) is 24.5. The average Bonchev–Trinajstić information content (AvgIpc) is 2.97. The lowest BCUT2D eigenvalue weighted by molar-refractivity contribution is -0.532. The molecule has 0 aromatic rings. The predicted molar refractivity (Wildman–Crippen MR) is 124 cm³/mol. The first-order valence-corrected chi connectivity index (χ1v) is 13.1. The molecule has 4 atom stereocenters. The van der Waals surface area contributed by atoms with Gasteiger partial charge in [-0.3, -0.25) is 27.7 Å². The van der Waals surface area contributed by atoms with Crippen LogP contribution in [0.4, 0.5) is 114 Å². The number of aliphatic hydroxyl groups excluding tert-OH is 1. The molecule has 0 aliphatic heterocycles. The SMILES string of the molecule is C=CC(=O)OCC(F)(OC(F)(F)C(F)(OC(F)(F)CCC)C(F)(F)F)C(F)(F)F.CF.OCC(F)(OC(F)(F)C(F)(OC(F)(F)CCF)C(F)(F)F)C(F)(F)F. The molecule has 0 radical (unpaired) electrons. The van der Waals surface area contributed by atoms with Crippen molar-refractivity contribution in [3.8, 4) is 0 Å². The number of ether oxygens (including phenoxy) is 5. The number of alkyl halides is 26. The lowest BCUT2D eigenvalue weighted by atomic mass is 10.2. The van der Waals surface area contributed by atoms with Crippen LogP contribution >= 0.6 is 0 Å². The molecular weight excluding hydrogens is 882 g/mol. The van der Waals surface area contributed by atoms with E-state index in [0.717, 1.165) is 6.92 Å². The number of hydrogen-bond acceptors (Lipinski definition) is 7. The monoisotopic (exact) mass is 904 g/mol. The first kappa shape index (κ1) is 57.5. The standard InChI is InChI=1S/C13H12F12O4.C9H7F13O3.CH3F/c1-3-5-9(15,16)29-10(17,12(21,22)23)13(24,25)28-8(14,11(18,19)20)6-27-7(26)4-2;10-2-1-5(12,13)25-6(14,8(18,19)20)9(21,22)24-4(11,3-23)7(15,16)17;1-2/h4H,2-3,5-6H2,1H3;23H,1-3H2;1H3. The zero-order valence-electron chi connectivity index (χ0n) is 26.8. The summed E-state index contributed by atoms with van der Waals surface area (Å²) in [5.41, 5.74) is 0. The van der Waals surface area contributed by atoms with Crippen LogP contribution in [0.5, 0.6) is 0 Å². The Morgan fingerprint density at radius 2 is 0.875 bits per heavy atom. The number of rotatable bonds is 18. The van der Waals surface area contributed by atoms with Crippen molar-refractivity contribution < 1.29 is 148 Å². The van der Waals surface area contributed by atoms with Crippen molar-refractivity contribution in [1.82, 2.24) is 0 Å². The van der Waals surface area contributed by atoms with Gasteiger partial charge in [-0.25, -0.2) is 4.79 Å². The van der Waals surface area contributed by atoms with Gasteiger partial charge in [-0.2, -0.15) is 105 Å². The zero-order valence-corrected chi connectivity index (χ0v) is 26.8. The van der Waals surface area contributed by atoms with E-state index in [1.54, 1.807) is 0 Å². The molecule has 56 heavy (non-hydrogen) atoms. The van der Waals surface area contributed by atoms with Crippen LogP contribution in [0.3, 0.4) is 0 Å². The minimum atomic E-state index is -7.20. The van der Waals surface area contributed by atoms with Crippen molar-refractivity contribution in [2.45, 2.75) is 98.7 Å². The molecule has 0 aromatic carbocycles. The molecule has 0 amide bonds. The lowest BCUT2D eigenvalue weighted by Gasteiger charge is -2.39. The summed E-state index contributed by atoms with van der Waals surface area (Å²) in [5, 5.41) is 8.07. The van der Waals surface area contributed by atoms with Gasteiger partial charge in [-0.15, -0.1) is 0 Å². The Balaban J connectivity index is -0.000000970. The summed E-state index contributed by atoms with van der Waals surface area (Å²) in [4.78, 5) is 10.7. The van der Waals surface area contributed by atoms with Gasteiger partial charge in [-0.1, -0.05) is 13.5 Å². The smallest absolute Gasteiger partial charge is 0.456 e. The third-order valence-electron chi connectivity index (χ3n) is 5.18. The quantitative estimate of drug-likeness (QED) is 0.0834. The minimum absolute atomic E-state index is 0.110. The summed E-state index contributed by atoms with van der Waals surface area (Å²) in [5.74, 6) is -27.8. The molecule has 0 saturated carbocycles. The normalized spacial score (nSPS) is 18.1. The highest BCUT2D eigenvalue weighted by atomic mass is 19.4. The molecule has 0 spiro atoms. The molecule has 0 fully saturated rings. The van der Waals surface area contributed by atoms with E-state index in [1.807, 2.05) is 4.74 Å². The Morgan fingerprint density at radius 1 is 0.554 bits per heavy atom. The van der Waals surface area contributed by atoms with Gasteiger partial charge in [0.15, 0.2) is 6.61 Å². The number of hydrogen-bond donors (Lipinski definition) is 1. The summed E-state index contributed by atoms with van der Waals surface area (Å²) in [7, 11) is 0.500. The van der Waals surface area contributed by atoms with Gasteiger partial charge < -0.3 is 9.84 Å². The second-order valence-electron chi connectivity index (χ2n) is 9.51. The fourth-order valence-corrected chi connectivity index (χ4v) is 2.59. The summed E-state index contributed by atoms with van der Waals surface area (Å²) in [6.45, 7) is -4.60. The van der Waals surface area contributed by atoms with Crippen molar-refractivity contribution in [3.05, 3.63) is 12.7 Å². The maximum Gasteiger partial charge on any atom is 0.458 e. The van der Waals surface area contributed by atoms with E-state index in [4.69, 9.17) is 5.11 Å². The second kappa shape index (κ2) is 19.3. The molecule has 0 aliphatic rings. The predicted octanol–water partition coefficient (Wildman–Crippen LogP) is 9.79. The molecule has 0 bridgehead atoms. The average molecular weight is 904 g/mol. The molecule has 33 heteroatoms. The number of carbonyl (C=O) groups is 1. The van der Waals surface area contributed by atoms with Crippen LogP contribution in [0.15, 0.2) is 12.7 Å². The Bertz CT molecular complexity index is 1220. The third-order valence-corrected chi connectivity index (χ3v) is 5.18. The van der Waals surface area contributed by atoms with Gasteiger partial charge in [0.1, 0.15) is 6.61 Å². The fourth-order valence-electron chi connectivity index (χ4n) is 2.59. The van der Waals surface area contributed by atoms with Crippen LogP contribution in [-0.4, -0.2) is 111 Å². The molecule has 0 aromatic heterocycles. The maximum atomic E-state index is 13.9.